The van der Waals surface area contributed by atoms with Crippen LogP contribution in [0.5, 0.6) is 0 Å². The molecule has 1 aromatic rings. The maximum absolute atomic E-state index is 5.72. The second kappa shape index (κ2) is 4.34. The van der Waals surface area contributed by atoms with Gasteiger partial charge < -0.3 is 9.15 Å². The van der Waals surface area contributed by atoms with Gasteiger partial charge in [0, 0.05) is 6.54 Å². The summed E-state index contributed by atoms with van der Waals surface area (Å²) in [7, 11) is 0. The molecule has 3 nitrogen and oxygen atoms in total. The number of rotatable bonds is 1. The summed E-state index contributed by atoms with van der Waals surface area (Å²) in [5, 5.41) is 3.33. The van der Waals surface area contributed by atoms with Crippen molar-refractivity contribution in [3.63, 3.8) is 0 Å². The Morgan fingerprint density at radius 3 is 2.86 bits per heavy atom. The highest BCUT2D eigenvalue weighted by atomic mass is 35.5. The van der Waals surface area contributed by atoms with Crippen LogP contribution < -0.4 is 5.32 Å². The Morgan fingerprint density at radius 2 is 2.36 bits per heavy atom. The molecule has 80 valence electrons. The molecule has 0 aliphatic carbocycles. The van der Waals surface area contributed by atoms with Gasteiger partial charge in [-0.3, -0.25) is 5.32 Å². The fourth-order valence-electron chi connectivity index (χ4n) is 1.50. The largest absolute Gasteiger partial charge is 0.465 e. The summed E-state index contributed by atoms with van der Waals surface area (Å²) < 4.78 is 11.0. The maximum Gasteiger partial charge on any atom is 0.175 e. The first-order valence-electron chi connectivity index (χ1n) is 4.64. The topological polar surface area (TPSA) is 34.4 Å². The van der Waals surface area contributed by atoms with Gasteiger partial charge in [0.2, 0.25) is 0 Å². The van der Waals surface area contributed by atoms with Gasteiger partial charge in [-0.2, -0.15) is 0 Å². The van der Waals surface area contributed by atoms with Crippen LogP contribution in [0.3, 0.4) is 0 Å². The van der Waals surface area contributed by atoms with E-state index >= 15 is 0 Å². The van der Waals surface area contributed by atoms with Crippen molar-refractivity contribution in [1.82, 2.24) is 5.32 Å². The number of furan rings is 1. The lowest BCUT2D eigenvalue weighted by Gasteiger charge is -2.36. The molecular weight excluding hydrogens is 202 g/mol. The molecule has 0 amide bonds. The second-order valence-corrected chi connectivity index (χ2v) is 3.81. The van der Waals surface area contributed by atoms with Crippen LogP contribution in [0.4, 0.5) is 0 Å². The zero-order chi connectivity index (χ0) is 9.31. The minimum absolute atomic E-state index is 0. The number of hydrogen-bond acceptors (Lipinski definition) is 3. The number of hydrogen-bond donors (Lipinski definition) is 1. The molecule has 0 spiro atoms. The number of halogens is 1. The van der Waals surface area contributed by atoms with E-state index in [-0.39, 0.29) is 12.4 Å². The van der Waals surface area contributed by atoms with Crippen molar-refractivity contribution in [2.45, 2.75) is 19.6 Å². The van der Waals surface area contributed by atoms with Crippen LogP contribution in [-0.4, -0.2) is 13.2 Å². The Kier molecular flexibility index (Phi) is 3.59. The summed E-state index contributed by atoms with van der Waals surface area (Å²) in [6, 6.07) is 3.81. The normalized spacial score (nSPS) is 32.3. The van der Waals surface area contributed by atoms with Gasteiger partial charge in [0.1, 0.15) is 5.76 Å². The Hall–Kier alpha value is -0.510. The summed E-state index contributed by atoms with van der Waals surface area (Å²) in [5.41, 5.74) is -0.435. The van der Waals surface area contributed by atoms with Gasteiger partial charge in [-0.15, -0.1) is 12.4 Å². The lowest BCUT2D eigenvalue weighted by atomic mass is 10.1. The van der Waals surface area contributed by atoms with E-state index in [0.717, 1.165) is 18.9 Å². The van der Waals surface area contributed by atoms with Crippen LogP contribution >= 0.6 is 12.4 Å². The molecule has 0 bridgehead atoms. The van der Waals surface area contributed by atoms with Crippen LogP contribution in [0.1, 0.15) is 19.6 Å². The minimum Gasteiger partial charge on any atom is -0.465 e. The molecule has 1 saturated heterocycles. The highest BCUT2D eigenvalue weighted by Gasteiger charge is 2.34. The number of ether oxygens (including phenoxy) is 1. The Morgan fingerprint density at radius 1 is 1.57 bits per heavy atom. The van der Waals surface area contributed by atoms with E-state index in [0.29, 0.717) is 5.92 Å². The molecule has 1 N–H and O–H groups in total. The highest BCUT2D eigenvalue weighted by Crippen LogP contribution is 2.26. The molecule has 0 aromatic carbocycles. The summed E-state index contributed by atoms with van der Waals surface area (Å²) in [5.74, 6) is 1.42. The number of nitrogens with one attached hydrogen (secondary N) is 1. The first kappa shape index (κ1) is 11.6. The predicted octanol–water partition coefficient (Wildman–Crippen LogP) is 2.13. The molecule has 2 atom stereocenters. The van der Waals surface area contributed by atoms with Gasteiger partial charge in [0.25, 0.3) is 0 Å². The van der Waals surface area contributed by atoms with Crippen molar-refractivity contribution in [3.8, 4) is 0 Å². The van der Waals surface area contributed by atoms with Crippen LogP contribution in [0, 0.1) is 5.92 Å². The fraction of sp³-hybridized carbons (Fsp3) is 0.600. The third-order valence-corrected chi connectivity index (χ3v) is 2.44. The average molecular weight is 218 g/mol. The molecular formula is C10H16ClNO2. The van der Waals surface area contributed by atoms with Crippen molar-refractivity contribution in [3.05, 3.63) is 24.2 Å². The smallest absolute Gasteiger partial charge is 0.175 e. The van der Waals surface area contributed by atoms with Crippen LogP contribution in [0.2, 0.25) is 0 Å². The van der Waals surface area contributed by atoms with Gasteiger partial charge in [-0.05, 0) is 25.0 Å². The van der Waals surface area contributed by atoms with E-state index < -0.39 is 5.72 Å². The third-order valence-electron chi connectivity index (χ3n) is 2.44. The van der Waals surface area contributed by atoms with Gasteiger partial charge in [-0.1, -0.05) is 6.92 Å². The lowest BCUT2D eigenvalue weighted by molar-refractivity contribution is -0.118. The van der Waals surface area contributed by atoms with Crippen molar-refractivity contribution in [2.75, 3.05) is 13.2 Å². The molecule has 1 fully saturated rings. The third kappa shape index (κ3) is 2.11. The monoisotopic (exact) mass is 217 g/mol. The zero-order valence-electron chi connectivity index (χ0n) is 8.45. The van der Waals surface area contributed by atoms with Gasteiger partial charge in [-0.25, -0.2) is 0 Å². The van der Waals surface area contributed by atoms with E-state index in [4.69, 9.17) is 9.15 Å². The molecule has 2 heterocycles. The molecule has 4 heteroatoms. The molecule has 1 aliphatic heterocycles. The Labute approximate surface area is 90.2 Å². The lowest BCUT2D eigenvalue weighted by Crippen LogP contribution is -2.49. The van der Waals surface area contributed by atoms with E-state index in [1.54, 1.807) is 6.26 Å². The first-order valence-corrected chi connectivity index (χ1v) is 4.64. The summed E-state index contributed by atoms with van der Waals surface area (Å²) >= 11 is 0. The molecule has 0 radical (unpaired) electrons. The maximum atomic E-state index is 5.72. The summed E-state index contributed by atoms with van der Waals surface area (Å²) in [4.78, 5) is 0. The highest BCUT2D eigenvalue weighted by molar-refractivity contribution is 5.85. The van der Waals surface area contributed by atoms with E-state index in [2.05, 4.69) is 12.2 Å². The van der Waals surface area contributed by atoms with Crippen LogP contribution in [-0.2, 0) is 10.5 Å². The first-order chi connectivity index (χ1) is 6.21. The van der Waals surface area contributed by atoms with Gasteiger partial charge in [0.05, 0.1) is 12.9 Å². The van der Waals surface area contributed by atoms with E-state index in [9.17, 15) is 0 Å². The van der Waals surface area contributed by atoms with Crippen LogP contribution in [0.15, 0.2) is 22.8 Å². The summed E-state index contributed by atoms with van der Waals surface area (Å²) in [6.07, 6.45) is 1.67. The SMILES string of the molecule is CC1CNC(C)(c2ccco2)OC1.Cl. The standard InChI is InChI=1S/C10H15NO2.ClH/c1-8-6-11-10(2,13-7-8)9-4-3-5-12-9;/h3-5,8,11H,6-7H2,1-2H3;1H. The zero-order valence-corrected chi connectivity index (χ0v) is 9.26. The molecule has 2 unspecified atom stereocenters. The Balaban J connectivity index is 0.000000980. The predicted molar refractivity (Wildman–Crippen MR) is 56.4 cm³/mol. The molecule has 1 aliphatic rings. The van der Waals surface area contributed by atoms with Crippen molar-refractivity contribution < 1.29 is 9.15 Å². The molecule has 1 aromatic heterocycles. The van der Waals surface area contributed by atoms with Crippen molar-refractivity contribution in [2.24, 2.45) is 5.92 Å². The van der Waals surface area contributed by atoms with E-state index in [1.807, 2.05) is 19.1 Å². The quantitative estimate of drug-likeness (QED) is 0.783. The van der Waals surface area contributed by atoms with E-state index in [1.165, 1.54) is 0 Å². The second-order valence-electron chi connectivity index (χ2n) is 3.81. The fourth-order valence-corrected chi connectivity index (χ4v) is 1.50. The van der Waals surface area contributed by atoms with Gasteiger partial charge in [0.15, 0.2) is 5.72 Å². The molecule has 0 saturated carbocycles. The van der Waals surface area contributed by atoms with Crippen LogP contribution in [0.25, 0.3) is 0 Å². The summed E-state index contributed by atoms with van der Waals surface area (Å²) in [6.45, 7) is 5.91. The molecule has 14 heavy (non-hydrogen) atoms. The Bertz CT molecular complexity index is 266. The minimum atomic E-state index is -0.435. The van der Waals surface area contributed by atoms with Gasteiger partial charge >= 0.3 is 0 Å². The average Bonchev–Trinajstić information content (AvgIpc) is 2.63. The molecule has 2 rings (SSSR count). The van der Waals surface area contributed by atoms with Crippen molar-refractivity contribution in [1.29, 1.82) is 0 Å². The van der Waals surface area contributed by atoms with Crippen molar-refractivity contribution >= 4 is 12.4 Å².